The summed E-state index contributed by atoms with van der Waals surface area (Å²) < 4.78 is 12.6. The number of carbonyl (C=O) groups is 1. The average molecular weight is 364 g/mol. The van der Waals surface area contributed by atoms with E-state index in [0.29, 0.717) is 32.0 Å². The minimum atomic E-state index is -0.00995. The number of aromatic nitrogens is 3. The Balaban J connectivity index is 1.41. The fraction of sp³-hybridized carbons (Fsp3) is 0.842. The topological polar surface area (TPSA) is 69.5 Å². The molecule has 7 heteroatoms. The fourth-order valence-electron chi connectivity index (χ4n) is 3.98. The number of carbonyl (C=O) groups excluding carboxylic acids is 1. The Labute approximate surface area is 156 Å². The molecule has 3 rings (SSSR count). The van der Waals surface area contributed by atoms with Crippen molar-refractivity contribution < 1.29 is 14.3 Å². The van der Waals surface area contributed by atoms with E-state index in [1.54, 1.807) is 7.11 Å². The van der Waals surface area contributed by atoms with Gasteiger partial charge in [0.05, 0.1) is 25.5 Å². The molecule has 146 valence electrons. The van der Waals surface area contributed by atoms with Gasteiger partial charge in [0.1, 0.15) is 0 Å². The number of aryl methyl sites for hydroxylation is 1. The first kappa shape index (κ1) is 19.3. The van der Waals surface area contributed by atoms with Gasteiger partial charge in [-0.3, -0.25) is 9.48 Å². The van der Waals surface area contributed by atoms with Crippen LogP contribution in [0.3, 0.4) is 0 Å². The lowest BCUT2D eigenvalue weighted by Crippen LogP contribution is -2.41. The van der Waals surface area contributed by atoms with Crippen LogP contribution in [0.15, 0.2) is 6.20 Å². The summed E-state index contributed by atoms with van der Waals surface area (Å²) in [6.45, 7) is 3.52. The summed E-state index contributed by atoms with van der Waals surface area (Å²) in [5.41, 5.74) is 0.465. The molecule has 0 spiro atoms. The normalized spacial score (nSPS) is 19.8. The van der Waals surface area contributed by atoms with Crippen molar-refractivity contribution in [3.8, 4) is 0 Å². The lowest BCUT2D eigenvalue weighted by Gasteiger charge is -2.31. The number of ether oxygens (including phenoxy) is 2. The van der Waals surface area contributed by atoms with Gasteiger partial charge in [-0.1, -0.05) is 37.3 Å². The second-order valence-corrected chi connectivity index (χ2v) is 7.51. The van der Waals surface area contributed by atoms with Crippen molar-refractivity contribution in [2.45, 2.75) is 64.0 Å². The molecular formula is C19H32N4O3. The highest BCUT2D eigenvalue weighted by atomic mass is 16.5. The molecule has 1 aliphatic carbocycles. The quantitative estimate of drug-likeness (QED) is 0.663. The molecule has 0 radical (unpaired) electrons. The predicted molar refractivity (Wildman–Crippen MR) is 98.0 cm³/mol. The van der Waals surface area contributed by atoms with E-state index in [2.05, 4.69) is 10.3 Å². The number of hydrogen-bond donors (Lipinski definition) is 0. The number of amides is 1. The fourth-order valence-corrected chi connectivity index (χ4v) is 3.98. The van der Waals surface area contributed by atoms with Crippen molar-refractivity contribution in [1.29, 1.82) is 0 Å². The van der Waals surface area contributed by atoms with Crippen molar-refractivity contribution in [2.75, 3.05) is 33.4 Å². The van der Waals surface area contributed by atoms with Crippen LogP contribution in [0.2, 0.25) is 0 Å². The van der Waals surface area contributed by atoms with E-state index in [-0.39, 0.29) is 12.0 Å². The van der Waals surface area contributed by atoms with E-state index in [0.717, 1.165) is 31.7 Å². The van der Waals surface area contributed by atoms with Crippen molar-refractivity contribution in [2.24, 2.45) is 5.92 Å². The van der Waals surface area contributed by atoms with Gasteiger partial charge in [-0.15, -0.1) is 5.10 Å². The summed E-state index contributed by atoms with van der Waals surface area (Å²) in [6.07, 6.45) is 11.7. The highest BCUT2D eigenvalue weighted by molar-refractivity contribution is 5.91. The van der Waals surface area contributed by atoms with Gasteiger partial charge >= 0.3 is 0 Å². The Morgan fingerprint density at radius 3 is 2.65 bits per heavy atom. The number of piperidine rings is 1. The van der Waals surface area contributed by atoms with Crippen LogP contribution in [-0.2, 0) is 16.0 Å². The lowest BCUT2D eigenvalue weighted by atomic mass is 9.87. The Bertz CT molecular complexity index is 549. The van der Waals surface area contributed by atoms with Gasteiger partial charge in [0.2, 0.25) is 0 Å². The van der Waals surface area contributed by atoms with Crippen LogP contribution in [0.4, 0.5) is 0 Å². The molecule has 1 aromatic heterocycles. The van der Waals surface area contributed by atoms with Crippen LogP contribution in [0.5, 0.6) is 0 Å². The minimum Gasteiger partial charge on any atom is -0.382 e. The first-order chi connectivity index (χ1) is 12.8. The molecule has 0 N–H and O–H groups in total. The van der Waals surface area contributed by atoms with E-state index < -0.39 is 0 Å². The molecule has 26 heavy (non-hydrogen) atoms. The van der Waals surface area contributed by atoms with Crippen LogP contribution in [-0.4, -0.2) is 65.3 Å². The maximum atomic E-state index is 12.6. The molecule has 2 fully saturated rings. The van der Waals surface area contributed by atoms with Crippen molar-refractivity contribution in [3.05, 3.63) is 11.9 Å². The van der Waals surface area contributed by atoms with E-state index >= 15 is 0 Å². The number of methoxy groups -OCH3 is 1. The second-order valence-electron chi connectivity index (χ2n) is 7.51. The molecule has 7 nitrogen and oxygen atoms in total. The molecule has 0 unspecified atom stereocenters. The van der Waals surface area contributed by atoms with E-state index in [1.165, 1.54) is 32.1 Å². The predicted octanol–water partition coefficient (Wildman–Crippen LogP) is 2.52. The standard InChI is InChI=1S/C19H32N4O3/c1-25-13-14-26-17-8-10-22(11-9-17)19(24)18-15-23(21-20-18)12-7-16-5-3-2-4-6-16/h15-17H,2-14H2,1H3. The number of rotatable bonds is 8. The van der Waals surface area contributed by atoms with Crippen LogP contribution in [0.1, 0.15) is 61.9 Å². The molecule has 0 atom stereocenters. The zero-order valence-electron chi connectivity index (χ0n) is 15.9. The maximum Gasteiger partial charge on any atom is 0.276 e. The third-order valence-corrected chi connectivity index (χ3v) is 5.62. The van der Waals surface area contributed by atoms with E-state index in [1.807, 2.05) is 15.8 Å². The first-order valence-electron chi connectivity index (χ1n) is 10.1. The van der Waals surface area contributed by atoms with Gasteiger partial charge in [0.25, 0.3) is 5.91 Å². The molecule has 1 saturated carbocycles. The SMILES string of the molecule is COCCOC1CCN(C(=O)c2cn(CCC3CCCCC3)nn2)CC1. The van der Waals surface area contributed by atoms with Gasteiger partial charge in [0.15, 0.2) is 5.69 Å². The summed E-state index contributed by atoms with van der Waals surface area (Å²) in [5, 5.41) is 8.27. The van der Waals surface area contributed by atoms with E-state index in [4.69, 9.17) is 9.47 Å². The number of nitrogens with zero attached hydrogens (tertiary/aromatic N) is 4. The monoisotopic (exact) mass is 364 g/mol. The molecule has 0 bridgehead atoms. The largest absolute Gasteiger partial charge is 0.382 e. The summed E-state index contributed by atoms with van der Waals surface area (Å²) in [4.78, 5) is 14.5. The Kier molecular flexibility index (Phi) is 7.43. The molecule has 2 aliphatic rings. The molecule has 1 aromatic rings. The number of hydrogen-bond acceptors (Lipinski definition) is 5. The van der Waals surface area contributed by atoms with Crippen LogP contribution < -0.4 is 0 Å². The molecule has 1 amide bonds. The first-order valence-corrected chi connectivity index (χ1v) is 10.1. The minimum absolute atomic E-state index is 0.00995. The zero-order valence-corrected chi connectivity index (χ0v) is 15.9. The van der Waals surface area contributed by atoms with Crippen molar-refractivity contribution >= 4 is 5.91 Å². The van der Waals surface area contributed by atoms with Crippen molar-refractivity contribution in [3.63, 3.8) is 0 Å². The highest BCUT2D eigenvalue weighted by Crippen LogP contribution is 2.26. The van der Waals surface area contributed by atoms with Gasteiger partial charge in [0, 0.05) is 26.7 Å². The van der Waals surface area contributed by atoms with Gasteiger partial charge in [-0.25, -0.2) is 0 Å². The van der Waals surface area contributed by atoms with Gasteiger partial charge in [-0.2, -0.15) is 0 Å². The number of likely N-dealkylation sites (tertiary alicyclic amines) is 1. The summed E-state index contributed by atoms with van der Waals surface area (Å²) >= 11 is 0. The van der Waals surface area contributed by atoms with Crippen LogP contribution >= 0.6 is 0 Å². The van der Waals surface area contributed by atoms with Gasteiger partial charge < -0.3 is 14.4 Å². The third kappa shape index (κ3) is 5.51. The Morgan fingerprint density at radius 2 is 1.92 bits per heavy atom. The molecule has 1 saturated heterocycles. The summed E-state index contributed by atoms with van der Waals surface area (Å²) in [7, 11) is 1.67. The highest BCUT2D eigenvalue weighted by Gasteiger charge is 2.25. The Hall–Kier alpha value is -1.47. The molecule has 1 aliphatic heterocycles. The van der Waals surface area contributed by atoms with Gasteiger partial charge in [-0.05, 0) is 25.2 Å². The smallest absolute Gasteiger partial charge is 0.276 e. The average Bonchev–Trinajstić information content (AvgIpc) is 3.16. The summed E-state index contributed by atoms with van der Waals surface area (Å²) in [5.74, 6) is 0.800. The van der Waals surface area contributed by atoms with Crippen LogP contribution in [0.25, 0.3) is 0 Å². The maximum absolute atomic E-state index is 12.6. The molecule has 2 heterocycles. The summed E-state index contributed by atoms with van der Waals surface area (Å²) in [6, 6.07) is 0. The zero-order chi connectivity index (χ0) is 18.2. The van der Waals surface area contributed by atoms with Crippen molar-refractivity contribution in [1.82, 2.24) is 19.9 Å². The van der Waals surface area contributed by atoms with E-state index in [9.17, 15) is 4.79 Å². The lowest BCUT2D eigenvalue weighted by molar-refractivity contribution is -0.0123. The molecule has 0 aromatic carbocycles. The second kappa shape index (κ2) is 10.0. The third-order valence-electron chi connectivity index (χ3n) is 5.62. The Morgan fingerprint density at radius 1 is 1.15 bits per heavy atom. The van der Waals surface area contributed by atoms with Crippen LogP contribution in [0, 0.1) is 5.92 Å². The molecular weight excluding hydrogens is 332 g/mol.